The quantitative estimate of drug-likeness (QED) is 0.506. The van der Waals surface area contributed by atoms with Crippen molar-refractivity contribution < 1.29 is 29.2 Å². The van der Waals surface area contributed by atoms with Crippen molar-refractivity contribution in [3.8, 4) is 17.2 Å². The Balaban J connectivity index is 1.35. The Morgan fingerprint density at radius 3 is 2.77 bits per heavy atom. The van der Waals surface area contributed by atoms with Gasteiger partial charge in [0, 0.05) is 37.6 Å². The molecular formula is C26H27N3O6. The first-order valence-corrected chi connectivity index (χ1v) is 11.5. The van der Waals surface area contributed by atoms with Crippen molar-refractivity contribution in [1.29, 1.82) is 0 Å². The van der Waals surface area contributed by atoms with E-state index in [2.05, 4.69) is 9.88 Å². The summed E-state index contributed by atoms with van der Waals surface area (Å²) in [6.45, 7) is 3.43. The second kappa shape index (κ2) is 9.71. The van der Waals surface area contributed by atoms with Crippen LogP contribution >= 0.6 is 0 Å². The largest absolute Gasteiger partial charge is 0.485 e. The number of pyridine rings is 1. The predicted molar refractivity (Wildman–Crippen MR) is 129 cm³/mol. The molecule has 1 fully saturated rings. The summed E-state index contributed by atoms with van der Waals surface area (Å²) < 4.78 is 17.4. The van der Waals surface area contributed by atoms with E-state index in [-0.39, 0.29) is 6.10 Å². The Kier molecular flexibility index (Phi) is 6.33. The summed E-state index contributed by atoms with van der Waals surface area (Å²) in [5.74, 6) is 0.412. The van der Waals surface area contributed by atoms with Crippen LogP contribution in [0.5, 0.6) is 17.2 Å². The minimum atomic E-state index is -1.09. The lowest BCUT2D eigenvalue weighted by molar-refractivity contribution is -0.139. The molecule has 0 spiro atoms. The molecule has 5 rings (SSSR count). The molecule has 0 bridgehead atoms. The highest BCUT2D eigenvalue weighted by Crippen LogP contribution is 2.39. The Morgan fingerprint density at radius 1 is 1.14 bits per heavy atom. The van der Waals surface area contributed by atoms with Gasteiger partial charge in [0.25, 0.3) is 6.41 Å². The molecule has 0 saturated carbocycles. The number of benzene rings is 2. The van der Waals surface area contributed by atoms with Crippen LogP contribution in [0.2, 0.25) is 0 Å². The van der Waals surface area contributed by atoms with Crippen molar-refractivity contribution in [2.24, 2.45) is 0 Å². The number of aromatic nitrogens is 1. The Labute approximate surface area is 203 Å². The fourth-order valence-electron chi connectivity index (χ4n) is 4.40. The van der Waals surface area contributed by atoms with Gasteiger partial charge < -0.3 is 34.2 Å². The van der Waals surface area contributed by atoms with Crippen LogP contribution in [-0.4, -0.2) is 53.4 Å². The number of hydrogen-bond acceptors (Lipinski definition) is 8. The molecule has 2 N–H and O–H groups in total. The number of ether oxygens (including phenoxy) is 3. The molecule has 35 heavy (non-hydrogen) atoms. The van der Waals surface area contributed by atoms with E-state index in [1.165, 1.54) is 0 Å². The lowest BCUT2D eigenvalue weighted by atomic mass is 10.1. The van der Waals surface area contributed by atoms with Crippen LogP contribution in [0.25, 0.3) is 0 Å². The second-order valence-corrected chi connectivity index (χ2v) is 8.69. The normalized spacial score (nSPS) is 18.8. The molecule has 2 aromatic carbocycles. The molecule has 2 unspecified atom stereocenters. The molecule has 3 aromatic rings. The first-order valence-electron chi connectivity index (χ1n) is 11.5. The standard InChI is InChI=1S/C26H27N3O6/c1-17-2-4-22-21(12-17)29(26(32)35-22)14-18-3-5-23(33-16-25(30)31)24(13-18)34-20-8-11-28(15-20)19-6-9-27-10-7-19/h2-7,9-10,12-13,20,26,32H,8,11,14-16H2,1H3,(H,30,31). The number of carboxylic acids is 1. The molecule has 0 aliphatic carbocycles. The SMILES string of the molecule is Cc1ccc2c(c1)N(Cc1ccc(OCC(=O)O)c(OC3CCN(c4ccncc4)C3)c1)C(O)O2. The topological polar surface area (TPSA) is 105 Å². The number of rotatable bonds is 8. The molecule has 2 aliphatic heterocycles. The third-order valence-corrected chi connectivity index (χ3v) is 6.10. The molecule has 0 amide bonds. The highest BCUT2D eigenvalue weighted by Gasteiger charge is 2.30. The van der Waals surface area contributed by atoms with Crippen LogP contribution in [0.1, 0.15) is 17.5 Å². The summed E-state index contributed by atoms with van der Waals surface area (Å²) in [4.78, 5) is 19.1. The maximum absolute atomic E-state index is 11.1. The van der Waals surface area contributed by atoms with E-state index in [1.807, 2.05) is 49.4 Å². The zero-order valence-electron chi connectivity index (χ0n) is 19.3. The van der Waals surface area contributed by atoms with Crippen molar-refractivity contribution in [3.63, 3.8) is 0 Å². The van der Waals surface area contributed by atoms with E-state index < -0.39 is 19.0 Å². The maximum atomic E-state index is 11.1. The van der Waals surface area contributed by atoms with Crippen LogP contribution in [0.15, 0.2) is 60.9 Å². The van der Waals surface area contributed by atoms with Crippen LogP contribution in [0.4, 0.5) is 11.4 Å². The van der Waals surface area contributed by atoms with Gasteiger partial charge in [-0.25, -0.2) is 4.79 Å². The number of aliphatic hydroxyl groups excluding tert-OH is 1. The number of nitrogens with zero attached hydrogens (tertiary/aromatic N) is 3. The van der Waals surface area contributed by atoms with E-state index in [0.717, 1.165) is 35.5 Å². The van der Waals surface area contributed by atoms with E-state index in [0.29, 0.717) is 30.3 Å². The number of aliphatic carboxylic acids is 1. The maximum Gasteiger partial charge on any atom is 0.341 e. The lowest BCUT2D eigenvalue weighted by Gasteiger charge is -2.23. The van der Waals surface area contributed by atoms with Crippen LogP contribution in [0, 0.1) is 6.92 Å². The number of carboxylic acid groups (broad SMARTS) is 1. The Bertz CT molecular complexity index is 1200. The molecule has 1 aromatic heterocycles. The monoisotopic (exact) mass is 477 g/mol. The number of carbonyl (C=O) groups is 1. The first-order chi connectivity index (χ1) is 17.0. The fourth-order valence-corrected chi connectivity index (χ4v) is 4.40. The summed E-state index contributed by atoms with van der Waals surface area (Å²) in [6.07, 6.45) is 3.16. The predicted octanol–water partition coefficient (Wildman–Crippen LogP) is 3.19. The van der Waals surface area contributed by atoms with Crippen molar-refractivity contribution in [2.75, 3.05) is 29.5 Å². The highest BCUT2D eigenvalue weighted by molar-refractivity contribution is 5.68. The van der Waals surface area contributed by atoms with Gasteiger partial charge in [0.1, 0.15) is 11.9 Å². The number of fused-ring (bicyclic) bond motifs is 1. The van der Waals surface area contributed by atoms with E-state index in [9.17, 15) is 9.90 Å². The van der Waals surface area contributed by atoms with Gasteiger partial charge in [-0.1, -0.05) is 12.1 Å². The van der Waals surface area contributed by atoms with E-state index >= 15 is 0 Å². The number of aryl methyl sites for hydroxylation is 1. The molecule has 2 aliphatic rings. The van der Waals surface area contributed by atoms with Crippen molar-refractivity contribution in [2.45, 2.75) is 32.4 Å². The molecule has 2 atom stereocenters. The molecular weight excluding hydrogens is 450 g/mol. The van der Waals surface area contributed by atoms with E-state index in [1.54, 1.807) is 23.4 Å². The Hall–Kier alpha value is -3.98. The van der Waals surface area contributed by atoms with Crippen molar-refractivity contribution in [3.05, 3.63) is 72.1 Å². The molecule has 0 radical (unpaired) electrons. The molecule has 3 heterocycles. The average Bonchev–Trinajstić information content (AvgIpc) is 3.43. The molecule has 182 valence electrons. The fraction of sp³-hybridized carbons (Fsp3) is 0.308. The first kappa shape index (κ1) is 22.8. The zero-order valence-corrected chi connectivity index (χ0v) is 19.3. The molecule has 9 heteroatoms. The smallest absolute Gasteiger partial charge is 0.341 e. The van der Waals surface area contributed by atoms with Gasteiger partial charge >= 0.3 is 5.97 Å². The molecule has 1 saturated heterocycles. The second-order valence-electron chi connectivity index (χ2n) is 8.69. The van der Waals surface area contributed by atoms with Gasteiger partial charge in [-0.3, -0.25) is 4.98 Å². The summed E-state index contributed by atoms with van der Waals surface area (Å²) in [5.41, 5.74) is 3.82. The summed E-state index contributed by atoms with van der Waals surface area (Å²) in [7, 11) is 0. The number of anilines is 2. The summed E-state index contributed by atoms with van der Waals surface area (Å²) in [6, 6.07) is 15.1. The van der Waals surface area contributed by atoms with Crippen molar-refractivity contribution >= 4 is 17.3 Å². The third-order valence-electron chi connectivity index (χ3n) is 6.10. The lowest BCUT2D eigenvalue weighted by Crippen LogP contribution is -2.33. The summed E-state index contributed by atoms with van der Waals surface area (Å²) >= 11 is 0. The third kappa shape index (κ3) is 5.09. The minimum Gasteiger partial charge on any atom is -0.485 e. The molecule has 9 nitrogen and oxygen atoms in total. The van der Waals surface area contributed by atoms with Gasteiger partial charge in [-0.05, 0) is 54.4 Å². The highest BCUT2D eigenvalue weighted by atomic mass is 16.6. The van der Waals surface area contributed by atoms with Gasteiger partial charge in [0.05, 0.1) is 12.2 Å². The van der Waals surface area contributed by atoms with Crippen LogP contribution < -0.4 is 24.0 Å². The minimum absolute atomic E-state index is 0.0883. The van der Waals surface area contributed by atoms with Gasteiger partial charge in [0.2, 0.25) is 0 Å². The van der Waals surface area contributed by atoms with Gasteiger partial charge in [-0.15, -0.1) is 0 Å². The Morgan fingerprint density at radius 2 is 1.97 bits per heavy atom. The average molecular weight is 478 g/mol. The summed E-state index contributed by atoms with van der Waals surface area (Å²) in [5, 5.41) is 19.5. The number of hydrogen-bond donors (Lipinski definition) is 2. The van der Waals surface area contributed by atoms with Crippen molar-refractivity contribution in [1.82, 2.24) is 4.98 Å². The van der Waals surface area contributed by atoms with E-state index in [4.69, 9.17) is 19.3 Å². The van der Waals surface area contributed by atoms with Gasteiger partial charge in [0.15, 0.2) is 18.1 Å². The van der Waals surface area contributed by atoms with Gasteiger partial charge in [-0.2, -0.15) is 0 Å². The zero-order chi connectivity index (χ0) is 24.4. The van der Waals surface area contributed by atoms with Crippen LogP contribution in [0.3, 0.4) is 0 Å². The van der Waals surface area contributed by atoms with Crippen LogP contribution in [-0.2, 0) is 11.3 Å². The number of aliphatic hydroxyl groups is 1.